The molecule has 0 radical (unpaired) electrons. The summed E-state index contributed by atoms with van der Waals surface area (Å²) in [7, 11) is 0. The second-order valence-corrected chi connectivity index (χ2v) is 5.96. The lowest BCUT2D eigenvalue weighted by atomic mass is 9.90. The average molecular weight is 319 g/mol. The number of ether oxygens (including phenoxy) is 1. The maximum Gasteiger partial charge on any atom is 0.410 e. The Morgan fingerprint density at radius 3 is 2.82 bits per heavy atom. The molecular formula is C15H17N3O3S. The molecule has 3 amide bonds. The number of thiocarbonyl (C=S) groups is 1. The summed E-state index contributed by atoms with van der Waals surface area (Å²) in [4.78, 5) is 25.8. The van der Waals surface area contributed by atoms with Crippen LogP contribution in [0.1, 0.15) is 18.4 Å². The molecule has 2 saturated heterocycles. The predicted molar refractivity (Wildman–Crippen MR) is 84.4 cm³/mol. The molecule has 6 nitrogen and oxygen atoms in total. The van der Waals surface area contributed by atoms with Crippen molar-refractivity contribution in [3.05, 3.63) is 35.9 Å². The van der Waals surface area contributed by atoms with E-state index in [0.717, 1.165) is 18.4 Å². The Balaban J connectivity index is 1.61. The lowest BCUT2D eigenvalue weighted by Gasteiger charge is -2.38. The molecule has 1 aromatic rings. The van der Waals surface area contributed by atoms with Gasteiger partial charge in [-0.05, 0) is 18.4 Å². The molecule has 1 unspecified atom stereocenters. The fourth-order valence-corrected chi connectivity index (χ4v) is 3.15. The number of amides is 3. The Hall–Kier alpha value is -2.15. The van der Waals surface area contributed by atoms with Crippen LogP contribution in [0.2, 0.25) is 0 Å². The molecule has 1 spiro atoms. The third kappa shape index (κ3) is 2.89. The van der Waals surface area contributed by atoms with E-state index in [-0.39, 0.29) is 18.7 Å². The topological polar surface area (TPSA) is 70.7 Å². The quantitative estimate of drug-likeness (QED) is 0.816. The van der Waals surface area contributed by atoms with Gasteiger partial charge < -0.3 is 20.3 Å². The van der Waals surface area contributed by atoms with E-state index in [1.807, 2.05) is 30.3 Å². The monoisotopic (exact) mass is 319 g/mol. The highest BCUT2D eigenvalue weighted by Gasteiger charge is 2.46. The first-order valence-electron chi connectivity index (χ1n) is 7.18. The van der Waals surface area contributed by atoms with E-state index in [1.54, 1.807) is 4.90 Å². The minimum atomic E-state index is -0.642. The Morgan fingerprint density at radius 2 is 2.14 bits per heavy atom. The van der Waals surface area contributed by atoms with E-state index < -0.39 is 5.54 Å². The summed E-state index contributed by atoms with van der Waals surface area (Å²) >= 11 is 5.24. The van der Waals surface area contributed by atoms with E-state index >= 15 is 0 Å². The Bertz CT molecular complexity index is 607. The van der Waals surface area contributed by atoms with Crippen molar-refractivity contribution in [3.63, 3.8) is 0 Å². The third-order valence-electron chi connectivity index (χ3n) is 3.97. The maximum atomic E-state index is 12.2. The lowest BCUT2D eigenvalue weighted by Crippen LogP contribution is -2.59. The molecule has 7 heteroatoms. The number of urea groups is 1. The molecule has 3 rings (SSSR count). The first-order valence-corrected chi connectivity index (χ1v) is 7.59. The second-order valence-electron chi connectivity index (χ2n) is 5.56. The van der Waals surface area contributed by atoms with Crippen molar-refractivity contribution in [1.82, 2.24) is 15.5 Å². The van der Waals surface area contributed by atoms with Gasteiger partial charge in [-0.3, -0.25) is 0 Å². The van der Waals surface area contributed by atoms with Crippen LogP contribution in [0.15, 0.2) is 30.3 Å². The summed E-state index contributed by atoms with van der Waals surface area (Å²) < 4.78 is 5.34. The highest BCUT2D eigenvalue weighted by atomic mass is 32.1. The molecule has 22 heavy (non-hydrogen) atoms. The Morgan fingerprint density at radius 1 is 1.36 bits per heavy atom. The normalized spacial score (nSPS) is 24.1. The van der Waals surface area contributed by atoms with E-state index in [0.29, 0.717) is 18.1 Å². The van der Waals surface area contributed by atoms with Gasteiger partial charge in [0.1, 0.15) is 17.1 Å². The van der Waals surface area contributed by atoms with Crippen LogP contribution in [0.3, 0.4) is 0 Å². The van der Waals surface area contributed by atoms with E-state index in [4.69, 9.17) is 17.0 Å². The number of likely N-dealkylation sites (tertiary alicyclic amines) is 1. The van der Waals surface area contributed by atoms with Gasteiger partial charge in [0.2, 0.25) is 0 Å². The zero-order valence-electron chi connectivity index (χ0n) is 12.0. The summed E-state index contributed by atoms with van der Waals surface area (Å²) in [5, 5.41) is 5.43. The van der Waals surface area contributed by atoms with Gasteiger partial charge in [0.05, 0.1) is 6.54 Å². The SMILES string of the molecule is O=C1NC(=S)C2(CCCN(C(=O)OCc3ccccc3)C2)N1. The molecule has 2 aliphatic rings. The minimum Gasteiger partial charge on any atom is -0.445 e. The highest BCUT2D eigenvalue weighted by Crippen LogP contribution is 2.25. The summed E-state index contributed by atoms with van der Waals surface area (Å²) in [5.74, 6) is 0. The Kier molecular flexibility index (Phi) is 3.98. The van der Waals surface area contributed by atoms with Crippen molar-refractivity contribution >= 4 is 29.3 Å². The molecule has 1 atom stereocenters. The van der Waals surface area contributed by atoms with Crippen molar-refractivity contribution < 1.29 is 14.3 Å². The first kappa shape index (κ1) is 14.8. The fraction of sp³-hybridized carbons (Fsp3) is 0.400. The molecule has 0 saturated carbocycles. The van der Waals surface area contributed by atoms with Gasteiger partial charge in [-0.1, -0.05) is 42.5 Å². The van der Waals surface area contributed by atoms with Crippen LogP contribution in [-0.2, 0) is 11.3 Å². The van der Waals surface area contributed by atoms with E-state index in [2.05, 4.69) is 10.6 Å². The van der Waals surface area contributed by atoms with Crippen LogP contribution >= 0.6 is 12.2 Å². The summed E-state index contributed by atoms with van der Waals surface area (Å²) in [5.41, 5.74) is 0.296. The largest absolute Gasteiger partial charge is 0.445 e. The fourth-order valence-electron chi connectivity index (χ4n) is 2.84. The minimum absolute atomic E-state index is 0.234. The number of carbonyl (C=O) groups excluding carboxylic acids is 2. The van der Waals surface area contributed by atoms with Gasteiger partial charge >= 0.3 is 12.1 Å². The van der Waals surface area contributed by atoms with Gasteiger partial charge in [-0.2, -0.15) is 0 Å². The Labute approximate surface area is 133 Å². The maximum absolute atomic E-state index is 12.2. The summed E-state index contributed by atoms with van der Waals surface area (Å²) in [6.45, 7) is 1.18. The molecule has 116 valence electrons. The molecule has 2 heterocycles. The molecule has 2 aliphatic heterocycles. The molecule has 0 aromatic heterocycles. The van der Waals surface area contributed by atoms with Crippen LogP contribution in [0, 0.1) is 0 Å². The van der Waals surface area contributed by atoms with Crippen LogP contribution in [0.25, 0.3) is 0 Å². The van der Waals surface area contributed by atoms with Crippen LogP contribution in [-0.4, -0.2) is 40.6 Å². The average Bonchev–Trinajstić information content (AvgIpc) is 2.79. The summed E-state index contributed by atoms with van der Waals surface area (Å²) in [6.07, 6.45) is 1.11. The van der Waals surface area contributed by atoms with Gasteiger partial charge in [-0.25, -0.2) is 9.59 Å². The predicted octanol–water partition coefficient (Wildman–Crippen LogP) is 1.80. The number of piperidine rings is 1. The van der Waals surface area contributed by atoms with Crippen molar-refractivity contribution in [2.45, 2.75) is 25.0 Å². The molecule has 2 N–H and O–H groups in total. The molecular weight excluding hydrogens is 302 g/mol. The summed E-state index contributed by atoms with van der Waals surface area (Å²) in [6, 6.07) is 9.22. The number of nitrogens with zero attached hydrogens (tertiary/aromatic N) is 1. The zero-order chi connectivity index (χ0) is 15.6. The number of rotatable bonds is 2. The number of nitrogens with one attached hydrogen (secondary N) is 2. The first-order chi connectivity index (χ1) is 10.6. The lowest BCUT2D eigenvalue weighted by molar-refractivity contribution is 0.0794. The molecule has 0 aliphatic carbocycles. The number of hydrogen-bond donors (Lipinski definition) is 2. The van der Waals surface area contributed by atoms with Gasteiger partial charge in [0.15, 0.2) is 0 Å². The van der Waals surface area contributed by atoms with Crippen molar-refractivity contribution in [1.29, 1.82) is 0 Å². The van der Waals surface area contributed by atoms with Crippen molar-refractivity contribution in [3.8, 4) is 0 Å². The number of benzene rings is 1. The van der Waals surface area contributed by atoms with Crippen molar-refractivity contribution in [2.24, 2.45) is 0 Å². The van der Waals surface area contributed by atoms with E-state index in [9.17, 15) is 9.59 Å². The van der Waals surface area contributed by atoms with Gasteiger partial charge in [0.25, 0.3) is 0 Å². The van der Waals surface area contributed by atoms with Crippen molar-refractivity contribution in [2.75, 3.05) is 13.1 Å². The number of hydrogen-bond acceptors (Lipinski definition) is 4. The van der Waals surface area contributed by atoms with E-state index in [1.165, 1.54) is 0 Å². The van der Waals surface area contributed by atoms with Gasteiger partial charge in [-0.15, -0.1) is 0 Å². The highest BCUT2D eigenvalue weighted by molar-refractivity contribution is 7.80. The standard InChI is InChI=1S/C15H17N3O3S/c19-13-16-12(22)15(17-13)7-4-8-18(10-15)14(20)21-9-11-5-2-1-3-6-11/h1-3,5-6H,4,7-10H2,(H2,16,17,19,22). The molecule has 1 aromatic carbocycles. The van der Waals surface area contributed by atoms with Crippen LogP contribution in [0.5, 0.6) is 0 Å². The third-order valence-corrected chi connectivity index (χ3v) is 4.46. The zero-order valence-corrected chi connectivity index (χ0v) is 12.8. The molecule has 2 fully saturated rings. The van der Waals surface area contributed by atoms with Gasteiger partial charge in [0, 0.05) is 6.54 Å². The number of carbonyl (C=O) groups is 2. The smallest absolute Gasteiger partial charge is 0.410 e. The van der Waals surface area contributed by atoms with Crippen LogP contribution < -0.4 is 10.6 Å². The van der Waals surface area contributed by atoms with Crippen LogP contribution in [0.4, 0.5) is 9.59 Å². The molecule has 0 bridgehead atoms. The second kappa shape index (κ2) is 5.92.